The topological polar surface area (TPSA) is 90.1 Å². The third-order valence-corrected chi connectivity index (χ3v) is 3.70. The Morgan fingerprint density at radius 2 is 2.14 bits per heavy atom. The van der Waals surface area contributed by atoms with Crippen molar-refractivity contribution in [3.8, 4) is 5.75 Å². The first-order chi connectivity index (χ1) is 13.3. The van der Waals surface area contributed by atoms with Gasteiger partial charge in [-0.05, 0) is 31.2 Å². The van der Waals surface area contributed by atoms with Crippen molar-refractivity contribution in [2.24, 2.45) is 0 Å². The number of nitrogens with one attached hydrogen (secondary N) is 1. The lowest BCUT2D eigenvalue weighted by molar-refractivity contribution is -0.137. The summed E-state index contributed by atoms with van der Waals surface area (Å²) < 4.78 is 48.5. The summed E-state index contributed by atoms with van der Waals surface area (Å²) in [6.07, 6.45) is -0.386. The summed E-state index contributed by atoms with van der Waals surface area (Å²) in [4.78, 5) is 24.1. The molecule has 0 aliphatic rings. The van der Waals surface area contributed by atoms with Gasteiger partial charge in [0.25, 0.3) is 5.91 Å². The normalized spacial score (nSPS) is 12.4. The predicted molar refractivity (Wildman–Crippen MR) is 90.2 cm³/mol. The zero-order valence-corrected chi connectivity index (χ0v) is 14.6. The average Bonchev–Trinajstić information content (AvgIpc) is 3.16. The van der Waals surface area contributed by atoms with Crippen molar-refractivity contribution in [1.82, 2.24) is 20.3 Å². The number of halogens is 3. The van der Waals surface area contributed by atoms with Gasteiger partial charge in [-0.2, -0.15) is 13.2 Å². The Morgan fingerprint density at radius 3 is 2.86 bits per heavy atom. The number of carbonyl (C=O) groups excluding carboxylic acids is 1. The number of alkyl halides is 3. The van der Waals surface area contributed by atoms with Crippen molar-refractivity contribution in [2.45, 2.75) is 25.7 Å². The van der Waals surface area contributed by atoms with E-state index in [1.807, 2.05) is 0 Å². The third-order valence-electron chi connectivity index (χ3n) is 3.70. The highest BCUT2D eigenvalue weighted by atomic mass is 19.4. The highest BCUT2D eigenvalue weighted by Crippen LogP contribution is 2.31. The van der Waals surface area contributed by atoms with Crippen LogP contribution in [-0.4, -0.2) is 20.9 Å². The molecule has 1 aromatic carbocycles. The first-order valence-corrected chi connectivity index (χ1v) is 8.14. The minimum Gasteiger partial charge on any atom is -0.484 e. The summed E-state index contributed by atoms with van der Waals surface area (Å²) in [5, 5.41) is 2.71. The molecule has 146 valence electrons. The lowest BCUT2D eigenvalue weighted by Crippen LogP contribution is -2.27. The fraction of sp³-hybridized carbons (Fsp3) is 0.222. The number of carbonyl (C=O) groups is 1. The predicted octanol–water partition coefficient (Wildman–Crippen LogP) is 3.55. The molecule has 2 heterocycles. The van der Waals surface area contributed by atoms with Crippen LogP contribution in [-0.2, 0) is 12.8 Å². The van der Waals surface area contributed by atoms with Crippen molar-refractivity contribution in [3.05, 3.63) is 72.0 Å². The molecule has 0 bridgehead atoms. The number of amides is 1. The van der Waals surface area contributed by atoms with E-state index in [1.54, 1.807) is 19.2 Å². The van der Waals surface area contributed by atoms with Gasteiger partial charge in [-0.3, -0.25) is 4.79 Å². The summed E-state index contributed by atoms with van der Waals surface area (Å²) in [5.74, 6) is -0.422. The van der Waals surface area contributed by atoms with Crippen molar-refractivity contribution in [3.63, 3.8) is 0 Å². The quantitative estimate of drug-likeness (QED) is 0.690. The van der Waals surface area contributed by atoms with Gasteiger partial charge in [0.15, 0.2) is 12.3 Å². The maximum atomic E-state index is 12.7. The zero-order chi connectivity index (χ0) is 20.1. The van der Waals surface area contributed by atoms with E-state index in [1.165, 1.54) is 18.5 Å². The number of aromatic nitrogens is 3. The Labute approximate surface area is 157 Å². The lowest BCUT2D eigenvalue weighted by atomic mass is 10.2. The standard InChI is InChI=1S/C18H15F3N4O3/c1-11(14-5-6-22-10-23-14)24-17(26)15-8-28-16(25-15)9-27-13-4-2-3-12(7-13)18(19,20)21/h2-8,10-11H,9H2,1H3,(H,24,26). The number of hydrogen-bond acceptors (Lipinski definition) is 6. The Morgan fingerprint density at radius 1 is 1.32 bits per heavy atom. The van der Waals surface area contributed by atoms with Gasteiger partial charge >= 0.3 is 6.18 Å². The first-order valence-electron chi connectivity index (χ1n) is 8.14. The minimum absolute atomic E-state index is 0.0106. The Bertz CT molecular complexity index is 945. The van der Waals surface area contributed by atoms with Crippen LogP contribution in [0.15, 0.2) is 53.5 Å². The van der Waals surface area contributed by atoms with Gasteiger partial charge in [-0.25, -0.2) is 15.0 Å². The largest absolute Gasteiger partial charge is 0.484 e. The van der Waals surface area contributed by atoms with Crippen molar-refractivity contribution >= 4 is 5.91 Å². The van der Waals surface area contributed by atoms with Crippen molar-refractivity contribution < 1.29 is 27.1 Å². The second kappa shape index (κ2) is 8.07. The van der Waals surface area contributed by atoms with Crippen LogP contribution in [0.4, 0.5) is 13.2 Å². The molecule has 0 saturated heterocycles. The smallest absolute Gasteiger partial charge is 0.416 e. The molecule has 2 aromatic heterocycles. The fourth-order valence-corrected chi connectivity index (χ4v) is 2.29. The van der Waals surface area contributed by atoms with E-state index in [4.69, 9.17) is 9.15 Å². The summed E-state index contributed by atoms with van der Waals surface area (Å²) >= 11 is 0. The molecule has 1 atom stereocenters. The van der Waals surface area contributed by atoms with Gasteiger partial charge in [-0.1, -0.05) is 6.07 Å². The molecule has 0 spiro atoms. The minimum atomic E-state index is -4.46. The van der Waals surface area contributed by atoms with Gasteiger partial charge < -0.3 is 14.5 Å². The maximum Gasteiger partial charge on any atom is 0.416 e. The van der Waals surface area contributed by atoms with E-state index in [-0.39, 0.29) is 30.0 Å². The number of ether oxygens (including phenoxy) is 1. The van der Waals surface area contributed by atoms with Crippen LogP contribution < -0.4 is 10.1 Å². The van der Waals surface area contributed by atoms with Crippen LogP contribution >= 0.6 is 0 Å². The molecule has 0 aliphatic carbocycles. The van der Waals surface area contributed by atoms with E-state index in [0.29, 0.717) is 5.69 Å². The molecule has 3 rings (SSSR count). The number of benzene rings is 1. The van der Waals surface area contributed by atoms with Crippen LogP contribution in [0.5, 0.6) is 5.75 Å². The Hall–Kier alpha value is -3.43. The summed E-state index contributed by atoms with van der Waals surface area (Å²) in [6.45, 7) is 1.52. The molecule has 0 fully saturated rings. The molecule has 7 nitrogen and oxygen atoms in total. The summed E-state index contributed by atoms with van der Waals surface area (Å²) in [6, 6.07) is 5.73. The van der Waals surface area contributed by atoms with Crippen LogP contribution in [0.2, 0.25) is 0 Å². The SMILES string of the molecule is CC(NC(=O)c1coc(COc2cccc(C(F)(F)F)c2)n1)c1ccncn1. The van der Waals surface area contributed by atoms with E-state index >= 15 is 0 Å². The van der Waals surface area contributed by atoms with Crippen molar-refractivity contribution in [2.75, 3.05) is 0 Å². The van der Waals surface area contributed by atoms with Gasteiger partial charge in [0, 0.05) is 6.20 Å². The second-order valence-corrected chi connectivity index (χ2v) is 5.77. The van der Waals surface area contributed by atoms with E-state index in [2.05, 4.69) is 20.3 Å². The number of nitrogens with zero attached hydrogens (tertiary/aromatic N) is 3. The van der Waals surface area contributed by atoms with Gasteiger partial charge in [-0.15, -0.1) is 0 Å². The van der Waals surface area contributed by atoms with Crippen LogP contribution in [0.1, 0.15) is 40.6 Å². The fourth-order valence-electron chi connectivity index (χ4n) is 2.29. The molecule has 1 amide bonds. The Kier molecular flexibility index (Phi) is 5.57. The highest BCUT2D eigenvalue weighted by Gasteiger charge is 2.30. The highest BCUT2D eigenvalue weighted by molar-refractivity contribution is 5.92. The number of rotatable bonds is 6. The van der Waals surface area contributed by atoms with E-state index < -0.39 is 17.6 Å². The van der Waals surface area contributed by atoms with Crippen LogP contribution in [0, 0.1) is 0 Å². The molecule has 10 heteroatoms. The second-order valence-electron chi connectivity index (χ2n) is 5.77. The van der Waals surface area contributed by atoms with Gasteiger partial charge in [0.1, 0.15) is 18.3 Å². The maximum absolute atomic E-state index is 12.7. The summed E-state index contributed by atoms with van der Waals surface area (Å²) in [7, 11) is 0. The summed E-state index contributed by atoms with van der Waals surface area (Å²) in [5.41, 5.74) is -0.181. The van der Waals surface area contributed by atoms with Crippen molar-refractivity contribution in [1.29, 1.82) is 0 Å². The monoisotopic (exact) mass is 392 g/mol. The number of oxazole rings is 1. The molecule has 3 aromatic rings. The Balaban J connectivity index is 1.59. The molecule has 28 heavy (non-hydrogen) atoms. The average molecular weight is 392 g/mol. The molecular weight excluding hydrogens is 377 g/mol. The molecule has 0 aliphatic heterocycles. The van der Waals surface area contributed by atoms with E-state index in [0.717, 1.165) is 18.4 Å². The number of hydrogen-bond donors (Lipinski definition) is 1. The van der Waals surface area contributed by atoms with Gasteiger partial charge in [0.2, 0.25) is 5.89 Å². The molecule has 0 saturated carbocycles. The third kappa shape index (κ3) is 4.84. The molecule has 1 unspecified atom stereocenters. The lowest BCUT2D eigenvalue weighted by Gasteiger charge is -2.11. The van der Waals surface area contributed by atoms with Crippen LogP contribution in [0.3, 0.4) is 0 Å². The molecular formula is C18H15F3N4O3. The van der Waals surface area contributed by atoms with Crippen LogP contribution in [0.25, 0.3) is 0 Å². The molecule has 0 radical (unpaired) electrons. The van der Waals surface area contributed by atoms with Gasteiger partial charge in [0.05, 0.1) is 17.3 Å². The molecule has 1 N–H and O–H groups in total. The van der Waals surface area contributed by atoms with E-state index in [9.17, 15) is 18.0 Å². The zero-order valence-electron chi connectivity index (χ0n) is 14.6. The first kappa shape index (κ1) is 19.3.